The molecule has 0 spiro atoms. The number of hydrogen-bond donors (Lipinski definition) is 0. The molecule has 1 amide bonds. The lowest BCUT2D eigenvalue weighted by molar-refractivity contribution is 0.0198. The zero-order chi connectivity index (χ0) is 12.5. The standard InChI is InChI=1S/C13H14FNO3/c14-10-11-12(10)17-7-6-15(11)13(16)18-8-9-4-2-1-3-5-9/h1-5,10-12H,6-8H2. The quantitative estimate of drug-likeness (QED) is 0.803. The van der Waals surface area contributed by atoms with Crippen LogP contribution in [0.4, 0.5) is 9.18 Å². The predicted octanol–water partition coefficient (Wildman–Crippen LogP) is 1.74. The molecule has 1 saturated heterocycles. The molecule has 96 valence electrons. The number of hydrogen-bond acceptors (Lipinski definition) is 3. The minimum Gasteiger partial charge on any atom is -0.445 e. The van der Waals surface area contributed by atoms with Crippen molar-refractivity contribution in [3.63, 3.8) is 0 Å². The highest BCUT2D eigenvalue weighted by Gasteiger charge is 2.60. The molecule has 2 aliphatic rings. The summed E-state index contributed by atoms with van der Waals surface area (Å²) in [6, 6.07) is 8.98. The SMILES string of the molecule is O=C(OCc1ccccc1)N1CCOC2C(F)C21. The van der Waals surface area contributed by atoms with Crippen molar-refractivity contribution in [3.05, 3.63) is 35.9 Å². The molecule has 1 aliphatic carbocycles. The van der Waals surface area contributed by atoms with Gasteiger partial charge >= 0.3 is 6.09 Å². The topological polar surface area (TPSA) is 38.8 Å². The Labute approximate surface area is 104 Å². The largest absolute Gasteiger partial charge is 0.445 e. The summed E-state index contributed by atoms with van der Waals surface area (Å²) in [5.41, 5.74) is 0.920. The zero-order valence-electron chi connectivity index (χ0n) is 9.79. The minimum atomic E-state index is -1.06. The molecule has 2 fully saturated rings. The summed E-state index contributed by atoms with van der Waals surface area (Å²) in [7, 11) is 0. The van der Waals surface area contributed by atoms with Gasteiger partial charge in [0.2, 0.25) is 0 Å². The van der Waals surface area contributed by atoms with Crippen molar-refractivity contribution in [1.82, 2.24) is 4.90 Å². The Balaban J connectivity index is 1.56. The Bertz CT molecular complexity index is 439. The summed E-state index contributed by atoms with van der Waals surface area (Å²) < 4.78 is 23.6. The van der Waals surface area contributed by atoms with Gasteiger partial charge < -0.3 is 9.47 Å². The molecule has 0 radical (unpaired) electrons. The third-order valence-electron chi connectivity index (χ3n) is 3.28. The summed E-state index contributed by atoms with van der Waals surface area (Å²) >= 11 is 0. The lowest BCUT2D eigenvalue weighted by Gasteiger charge is -2.25. The van der Waals surface area contributed by atoms with Gasteiger partial charge in [0, 0.05) is 6.54 Å². The van der Waals surface area contributed by atoms with E-state index < -0.39 is 24.4 Å². The van der Waals surface area contributed by atoms with E-state index in [0.717, 1.165) is 5.56 Å². The van der Waals surface area contributed by atoms with E-state index in [-0.39, 0.29) is 6.61 Å². The molecular weight excluding hydrogens is 237 g/mol. The number of carbonyl (C=O) groups is 1. The fraction of sp³-hybridized carbons (Fsp3) is 0.462. The van der Waals surface area contributed by atoms with Crippen LogP contribution in [0.2, 0.25) is 0 Å². The molecule has 3 rings (SSSR count). The molecule has 4 nitrogen and oxygen atoms in total. The monoisotopic (exact) mass is 251 g/mol. The van der Waals surface area contributed by atoms with E-state index in [1.54, 1.807) is 0 Å². The number of carbonyl (C=O) groups excluding carboxylic acids is 1. The van der Waals surface area contributed by atoms with Crippen LogP contribution >= 0.6 is 0 Å². The average molecular weight is 251 g/mol. The van der Waals surface area contributed by atoms with Crippen LogP contribution in [-0.4, -0.2) is 42.5 Å². The van der Waals surface area contributed by atoms with Crippen LogP contribution in [-0.2, 0) is 16.1 Å². The van der Waals surface area contributed by atoms with E-state index in [0.29, 0.717) is 13.2 Å². The molecule has 1 aromatic rings. The molecular formula is C13H14FNO3. The number of benzene rings is 1. The van der Waals surface area contributed by atoms with Crippen molar-refractivity contribution in [3.8, 4) is 0 Å². The van der Waals surface area contributed by atoms with Gasteiger partial charge in [0.1, 0.15) is 12.7 Å². The first-order valence-electron chi connectivity index (χ1n) is 6.00. The molecule has 1 saturated carbocycles. The van der Waals surface area contributed by atoms with Crippen molar-refractivity contribution in [2.45, 2.75) is 24.9 Å². The van der Waals surface area contributed by atoms with E-state index in [4.69, 9.17) is 9.47 Å². The summed E-state index contributed by atoms with van der Waals surface area (Å²) in [5.74, 6) is 0. The average Bonchev–Trinajstić information content (AvgIpc) is 3.09. The van der Waals surface area contributed by atoms with Gasteiger partial charge in [-0.2, -0.15) is 0 Å². The van der Waals surface area contributed by atoms with Gasteiger partial charge in [0.15, 0.2) is 6.17 Å². The maximum Gasteiger partial charge on any atom is 0.410 e. The molecule has 3 atom stereocenters. The number of ether oxygens (including phenoxy) is 2. The van der Waals surface area contributed by atoms with Gasteiger partial charge in [-0.3, -0.25) is 4.90 Å². The number of fused-ring (bicyclic) bond motifs is 1. The highest BCUT2D eigenvalue weighted by Crippen LogP contribution is 2.38. The molecule has 1 heterocycles. The normalized spacial score (nSPS) is 29.6. The van der Waals surface area contributed by atoms with E-state index in [2.05, 4.69) is 0 Å². The second-order valence-corrected chi connectivity index (χ2v) is 4.50. The van der Waals surface area contributed by atoms with Gasteiger partial charge in [-0.1, -0.05) is 30.3 Å². The first-order valence-corrected chi connectivity index (χ1v) is 6.00. The third kappa shape index (κ3) is 2.06. The lowest BCUT2D eigenvalue weighted by atomic mass is 10.2. The van der Waals surface area contributed by atoms with Gasteiger partial charge in [0.05, 0.1) is 12.6 Å². The number of morpholine rings is 1. The van der Waals surface area contributed by atoms with Crippen LogP contribution in [0.15, 0.2) is 30.3 Å². The predicted molar refractivity (Wildman–Crippen MR) is 61.8 cm³/mol. The number of amides is 1. The van der Waals surface area contributed by atoms with E-state index in [9.17, 15) is 9.18 Å². The highest BCUT2D eigenvalue weighted by molar-refractivity contribution is 5.69. The van der Waals surface area contributed by atoms with Gasteiger partial charge in [-0.15, -0.1) is 0 Å². The maximum absolute atomic E-state index is 13.3. The first-order chi connectivity index (χ1) is 8.77. The smallest absolute Gasteiger partial charge is 0.410 e. The second kappa shape index (κ2) is 4.57. The molecule has 0 aromatic heterocycles. The van der Waals surface area contributed by atoms with Gasteiger partial charge in [-0.05, 0) is 5.56 Å². The lowest BCUT2D eigenvalue weighted by Crippen LogP contribution is -2.41. The maximum atomic E-state index is 13.3. The second-order valence-electron chi connectivity index (χ2n) is 4.50. The Morgan fingerprint density at radius 1 is 1.44 bits per heavy atom. The van der Waals surface area contributed by atoms with Crippen molar-refractivity contribution >= 4 is 6.09 Å². The van der Waals surface area contributed by atoms with Crippen LogP contribution in [0.1, 0.15) is 5.56 Å². The number of halogens is 1. The van der Waals surface area contributed by atoms with Crippen LogP contribution in [0.25, 0.3) is 0 Å². The summed E-state index contributed by atoms with van der Waals surface area (Å²) in [6.07, 6.45) is -1.96. The Kier molecular flexibility index (Phi) is 2.91. The number of alkyl halides is 1. The van der Waals surface area contributed by atoms with Crippen LogP contribution in [0.5, 0.6) is 0 Å². The zero-order valence-corrected chi connectivity index (χ0v) is 9.79. The molecule has 1 aliphatic heterocycles. The molecule has 0 N–H and O–H groups in total. The molecule has 1 aromatic carbocycles. The first kappa shape index (κ1) is 11.5. The summed E-state index contributed by atoms with van der Waals surface area (Å²) in [6.45, 7) is 0.989. The van der Waals surface area contributed by atoms with Crippen molar-refractivity contribution in [2.24, 2.45) is 0 Å². The summed E-state index contributed by atoms with van der Waals surface area (Å²) in [5, 5.41) is 0. The van der Waals surface area contributed by atoms with Crippen molar-refractivity contribution < 1.29 is 18.7 Å². The Morgan fingerprint density at radius 3 is 3.00 bits per heavy atom. The molecule has 3 unspecified atom stereocenters. The van der Waals surface area contributed by atoms with E-state index in [1.165, 1.54) is 4.90 Å². The fourth-order valence-electron chi connectivity index (χ4n) is 2.23. The number of rotatable bonds is 2. The van der Waals surface area contributed by atoms with Crippen molar-refractivity contribution in [2.75, 3.05) is 13.2 Å². The third-order valence-corrected chi connectivity index (χ3v) is 3.28. The highest BCUT2D eigenvalue weighted by atomic mass is 19.1. The van der Waals surface area contributed by atoms with Crippen LogP contribution in [0.3, 0.4) is 0 Å². The van der Waals surface area contributed by atoms with Crippen LogP contribution < -0.4 is 0 Å². The van der Waals surface area contributed by atoms with E-state index in [1.807, 2.05) is 30.3 Å². The van der Waals surface area contributed by atoms with Gasteiger partial charge in [-0.25, -0.2) is 9.18 Å². The molecule has 18 heavy (non-hydrogen) atoms. The number of nitrogens with zero attached hydrogens (tertiary/aromatic N) is 1. The summed E-state index contributed by atoms with van der Waals surface area (Å²) in [4.78, 5) is 13.3. The van der Waals surface area contributed by atoms with Crippen molar-refractivity contribution in [1.29, 1.82) is 0 Å². The molecule has 0 bridgehead atoms. The Morgan fingerprint density at radius 2 is 2.22 bits per heavy atom. The van der Waals surface area contributed by atoms with E-state index >= 15 is 0 Å². The Hall–Kier alpha value is -1.62. The molecule has 5 heteroatoms. The van der Waals surface area contributed by atoms with Gasteiger partial charge in [0.25, 0.3) is 0 Å². The fourth-order valence-corrected chi connectivity index (χ4v) is 2.23. The van der Waals surface area contributed by atoms with Crippen LogP contribution in [0, 0.1) is 0 Å². The minimum absolute atomic E-state index is 0.214.